The standard InChI is InChI=1S/C28H21ClN2O6S/c1-2-35-18-7-8-19-22(14-18)38-28(30-19)31-24(15-4-3-5-17(29)12-15)23(26(33)27(31)34)25(32)16-6-9-20-21(13-16)37-11-10-36-20/h3-9,12-14,24,32H,2,10-11H2,1H3. The van der Waals surface area contributed by atoms with Crippen molar-refractivity contribution in [1.29, 1.82) is 0 Å². The fourth-order valence-electron chi connectivity index (χ4n) is 4.62. The summed E-state index contributed by atoms with van der Waals surface area (Å²) in [5.41, 5.74) is 1.48. The molecule has 3 heterocycles. The van der Waals surface area contributed by atoms with Crippen molar-refractivity contribution in [1.82, 2.24) is 4.98 Å². The Morgan fingerprint density at radius 2 is 1.92 bits per heavy atom. The number of hydrogen-bond donors (Lipinski definition) is 1. The van der Waals surface area contributed by atoms with Crippen molar-refractivity contribution in [3.63, 3.8) is 0 Å². The number of Topliss-reactive ketones (excluding diaryl/α,β-unsaturated/α-hetero) is 1. The first-order valence-electron chi connectivity index (χ1n) is 11.9. The number of carbonyl (C=O) groups is 2. The van der Waals surface area contributed by atoms with Crippen molar-refractivity contribution in [2.24, 2.45) is 0 Å². The van der Waals surface area contributed by atoms with Gasteiger partial charge in [0.2, 0.25) is 0 Å². The lowest BCUT2D eigenvalue weighted by atomic mass is 9.95. The smallest absolute Gasteiger partial charge is 0.301 e. The van der Waals surface area contributed by atoms with Crippen LogP contribution in [0.5, 0.6) is 17.2 Å². The van der Waals surface area contributed by atoms with E-state index in [0.29, 0.717) is 63.9 Å². The molecular weight excluding hydrogens is 528 g/mol. The van der Waals surface area contributed by atoms with Crippen molar-refractivity contribution in [3.8, 4) is 17.2 Å². The summed E-state index contributed by atoms with van der Waals surface area (Å²) in [6.45, 7) is 3.20. The molecule has 1 amide bonds. The van der Waals surface area contributed by atoms with Crippen LogP contribution in [-0.4, -0.2) is 41.6 Å². The van der Waals surface area contributed by atoms with Crippen LogP contribution in [0.1, 0.15) is 24.1 Å². The number of aromatic nitrogens is 1. The van der Waals surface area contributed by atoms with E-state index >= 15 is 0 Å². The molecule has 1 atom stereocenters. The predicted octanol–water partition coefficient (Wildman–Crippen LogP) is 5.75. The van der Waals surface area contributed by atoms with E-state index in [2.05, 4.69) is 4.98 Å². The monoisotopic (exact) mass is 548 g/mol. The minimum absolute atomic E-state index is 0.0665. The highest BCUT2D eigenvalue weighted by atomic mass is 35.5. The molecule has 0 bridgehead atoms. The van der Waals surface area contributed by atoms with Gasteiger partial charge in [0.15, 0.2) is 16.6 Å². The number of ether oxygens (including phenoxy) is 3. The Hall–Kier alpha value is -4.08. The lowest BCUT2D eigenvalue weighted by Gasteiger charge is -2.23. The van der Waals surface area contributed by atoms with Gasteiger partial charge in [-0.2, -0.15) is 0 Å². The number of halogens is 1. The van der Waals surface area contributed by atoms with E-state index in [4.69, 9.17) is 25.8 Å². The van der Waals surface area contributed by atoms with Crippen molar-refractivity contribution in [3.05, 3.63) is 82.4 Å². The van der Waals surface area contributed by atoms with Gasteiger partial charge in [-0.05, 0) is 61.0 Å². The lowest BCUT2D eigenvalue weighted by Crippen LogP contribution is -2.29. The quantitative estimate of drug-likeness (QED) is 0.193. The molecule has 0 radical (unpaired) electrons. The normalized spacial score (nSPS) is 18.3. The highest BCUT2D eigenvalue weighted by Crippen LogP contribution is 2.45. The van der Waals surface area contributed by atoms with Gasteiger partial charge in [-0.3, -0.25) is 14.5 Å². The van der Waals surface area contributed by atoms with Crippen LogP contribution in [-0.2, 0) is 9.59 Å². The second-order valence-corrected chi connectivity index (χ2v) is 10.1. The van der Waals surface area contributed by atoms with E-state index in [1.807, 2.05) is 13.0 Å². The third-order valence-corrected chi connectivity index (χ3v) is 7.54. The van der Waals surface area contributed by atoms with Gasteiger partial charge in [-0.15, -0.1) is 0 Å². The Kier molecular flexibility index (Phi) is 6.17. The van der Waals surface area contributed by atoms with Gasteiger partial charge in [-0.1, -0.05) is 35.1 Å². The summed E-state index contributed by atoms with van der Waals surface area (Å²) in [5, 5.41) is 12.2. The Morgan fingerprint density at radius 3 is 2.71 bits per heavy atom. The van der Waals surface area contributed by atoms with Gasteiger partial charge in [0.05, 0.1) is 28.4 Å². The zero-order valence-corrected chi connectivity index (χ0v) is 21.7. The highest BCUT2D eigenvalue weighted by Gasteiger charge is 2.48. The van der Waals surface area contributed by atoms with E-state index < -0.39 is 17.7 Å². The fraction of sp³-hybridized carbons (Fsp3) is 0.179. The Balaban J connectivity index is 1.51. The van der Waals surface area contributed by atoms with Crippen LogP contribution >= 0.6 is 22.9 Å². The molecule has 3 aromatic carbocycles. The molecule has 1 saturated heterocycles. The van der Waals surface area contributed by atoms with Crippen LogP contribution in [0.15, 0.2) is 66.2 Å². The van der Waals surface area contributed by atoms with Crippen LogP contribution in [0.4, 0.5) is 5.13 Å². The average Bonchev–Trinajstić information content (AvgIpc) is 3.46. The third kappa shape index (κ3) is 4.13. The fourth-order valence-corrected chi connectivity index (χ4v) is 5.84. The maximum atomic E-state index is 13.5. The molecule has 0 saturated carbocycles. The molecule has 38 heavy (non-hydrogen) atoms. The van der Waals surface area contributed by atoms with Crippen molar-refractivity contribution in [2.75, 3.05) is 24.7 Å². The molecule has 1 N–H and O–H groups in total. The lowest BCUT2D eigenvalue weighted by molar-refractivity contribution is -0.132. The summed E-state index contributed by atoms with van der Waals surface area (Å²) >= 11 is 7.56. The van der Waals surface area contributed by atoms with Crippen LogP contribution in [0.3, 0.4) is 0 Å². The minimum atomic E-state index is -0.950. The number of ketones is 1. The van der Waals surface area contributed by atoms with Crippen molar-refractivity contribution < 1.29 is 28.9 Å². The number of rotatable bonds is 5. The van der Waals surface area contributed by atoms with Gasteiger partial charge < -0.3 is 19.3 Å². The number of hydrogen-bond acceptors (Lipinski definition) is 8. The first-order valence-corrected chi connectivity index (χ1v) is 13.1. The summed E-state index contributed by atoms with van der Waals surface area (Å²) in [7, 11) is 0. The highest BCUT2D eigenvalue weighted by molar-refractivity contribution is 7.22. The van der Waals surface area contributed by atoms with Crippen molar-refractivity contribution >= 4 is 55.7 Å². The second kappa shape index (κ2) is 9.66. The van der Waals surface area contributed by atoms with E-state index in [1.165, 1.54) is 16.2 Å². The van der Waals surface area contributed by atoms with Gasteiger partial charge in [0.1, 0.15) is 24.7 Å². The number of carbonyl (C=O) groups excluding carboxylic acids is 2. The van der Waals surface area contributed by atoms with Crippen molar-refractivity contribution in [2.45, 2.75) is 13.0 Å². The molecule has 1 fully saturated rings. The third-order valence-electron chi connectivity index (χ3n) is 6.29. The molecule has 0 aliphatic carbocycles. The number of aliphatic hydroxyl groups is 1. The Labute approximate surface area is 226 Å². The largest absolute Gasteiger partial charge is 0.507 e. The molecule has 6 rings (SSSR count). The van der Waals surface area contributed by atoms with E-state index in [-0.39, 0.29) is 11.3 Å². The molecule has 1 aromatic heterocycles. The summed E-state index contributed by atoms with van der Waals surface area (Å²) in [5.74, 6) is -0.268. The number of amides is 1. The van der Waals surface area contributed by atoms with Crippen LogP contribution < -0.4 is 19.1 Å². The summed E-state index contributed by atoms with van der Waals surface area (Å²) in [6, 6.07) is 16.2. The predicted molar refractivity (Wildman–Crippen MR) is 144 cm³/mol. The van der Waals surface area contributed by atoms with Gasteiger partial charge >= 0.3 is 5.91 Å². The summed E-state index contributed by atoms with van der Waals surface area (Å²) in [6.07, 6.45) is 0. The molecule has 2 aliphatic rings. The van der Waals surface area contributed by atoms with Gasteiger partial charge in [0, 0.05) is 10.6 Å². The van der Waals surface area contributed by atoms with Gasteiger partial charge in [0.25, 0.3) is 5.78 Å². The topological polar surface area (TPSA) is 98.2 Å². The molecule has 2 aliphatic heterocycles. The molecule has 4 aromatic rings. The Morgan fingerprint density at radius 1 is 1.11 bits per heavy atom. The maximum absolute atomic E-state index is 13.5. The number of fused-ring (bicyclic) bond motifs is 2. The van der Waals surface area contributed by atoms with E-state index in [1.54, 1.807) is 54.6 Å². The average molecular weight is 549 g/mol. The number of thiazole rings is 1. The SMILES string of the molecule is CCOc1ccc2nc(N3C(=O)C(=O)C(=C(O)c4ccc5c(c4)OCCO5)C3c3cccc(Cl)c3)sc2c1. The number of anilines is 1. The zero-order valence-electron chi connectivity index (χ0n) is 20.1. The first-order chi connectivity index (χ1) is 18.4. The molecule has 8 nitrogen and oxygen atoms in total. The van der Waals surface area contributed by atoms with E-state index in [0.717, 1.165) is 4.70 Å². The Bertz CT molecular complexity index is 1630. The number of benzene rings is 3. The van der Waals surface area contributed by atoms with Crippen LogP contribution in [0.2, 0.25) is 5.02 Å². The maximum Gasteiger partial charge on any atom is 0.301 e. The summed E-state index contributed by atoms with van der Waals surface area (Å²) in [4.78, 5) is 32.9. The molecule has 10 heteroatoms. The molecule has 192 valence electrons. The molecule has 1 unspecified atom stereocenters. The minimum Gasteiger partial charge on any atom is -0.507 e. The van der Waals surface area contributed by atoms with Gasteiger partial charge in [-0.25, -0.2) is 4.98 Å². The first kappa shape index (κ1) is 24.3. The summed E-state index contributed by atoms with van der Waals surface area (Å²) < 4.78 is 17.6. The number of nitrogens with zero attached hydrogens (tertiary/aromatic N) is 2. The number of aliphatic hydroxyl groups excluding tert-OH is 1. The van der Waals surface area contributed by atoms with Crippen LogP contribution in [0.25, 0.3) is 16.0 Å². The van der Waals surface area contributed by atoms with Crippen LogP contribution in [0, 0.1) is 0 Å². The van der Waals surface area contributed by atoms with E-state index in [9.17, 15) is 14.7 Å². The second-order valence-electron chi connectivity index (χ2n) is 8.64. The molecular formula is C28H21ClN2O6S. The zero-order chi connectivity index (χ0) is 26.4. The molecule has 0 spiro atoms.